The topological polar surface area (TPSA) is 83.1 Å². The van der Waals surface area contributed by atoms with E-state index in [0.29, 0.717) is 11.3 Å². The third-order valence-corrected chi connectivity index (χ3v) is 3.95. The SMILES string of the molecule is N#Cc1ccc(N2CCCC2c2ccncc2)c([N+](=O)[O-])c1. The summed E-state index contributed by atoms with van der Waals surface area (Å²) in [5, 5.41) is 20.3. The molecule has 110 valence electrons. The minimum absolute atomic E-state index is 0.0139. The normalized spacial score (nSPS) is 17.2. The van der Waals surface area contributed by atoms with Gasteiger partial charge in [0.15, 0.2) is 0 Å². The summed E-state index contributed by atoms with van der Waals surface area (Å²) >= 11 is 0. The number of nitro benzene ring substituents is 1. The van der Waals surface area contributed by atoms with Crippen LogP contribution in [0.15, 0.2) is 42.7 Å². The standard InChI is InChI=1S/C16H14N4O2/c17-11-12-3-4-15(16(10-12)20(21)22)19-9-1-2-14(19)13-5-7-18-8-6-13/h3-8,10,14H,1-2,9H2. The molecule has 0 aliphatic carbocycles. The van der Waals surface area contributed by atoms with Crippen LogP contribution in [0.1, 0.15) is 30.0 Å². The lowest BCUT2D eigenvalue weighted by molar-refractivity contribution is -0.384. The first kappa shape index (κ1) is 14.0. The molecule has 2 aromatic rings. The van der Waals surface area contributed by atoms with Crippen LogP contribution in [0.4, 0.5) is 11.4 Å². The van der Waals surface area contributed by atoms with Gasteiger partial charge in [0.2, 0.25) is 0 Å². The minimum Gasteiger partial charge on any atom is -0.359 e. The molecule has 1 atom stereocenters. The van der Waals surface area contributed by atoms with Crippen molar-refractivity contribution < 1.29 is 4.92 Å². The number of nitro groups is 1. The molecular formula is C16H14N4O2. The number of pyridine rings is 1. The Bertz CT molecular complexity index is 740. The first-order valence-corrected chi connectivity index (χ1v) is 7.06. The Kier molecular flexibility index (Phi) is 3.71. The Hall–Kier alpha value is -2.94. The maximum absolute atomic E-state index is 11.3. The van der Waals surface area contributed by atoms with Crippen molar-refractivity contribution in [3.8, 4) is 6.07 Å². The van der Waals surface area contributed by atoms with Crippen LogP contribution in [-0.4, -0.2) is 16.5 Å². The van der Waals surface area contributed by atoms with Crippen LogP contribution in [0.25, 0.3) is 0 Å². The van der Waals surface area contributed by atoms with Crippen molar-refractivity contribution in [3.63, 3.8) is 0 Å². The summed E-state index contributed by atoms with van der Waals surface area (Å²) in [7, 11) is 0. The largest absolute Gasteiger partial charge is 0.359 e. The van der Waals surface area contributed by atoms with E-state index < -0.39 is 4.92 Å². The molecule has 0 amide bonds. The molecule has 0 spiro atoms. The highest BCUT2D eigenvalue weighted by Gasteiger charge is 2.30. The average molecular weight is 294 g/mol. The van der Waals surface area contributed by atoms with Crippen LogP contribution in [0, 0.1) is 21.4 Å². The fraction of sp³-hybridized carbons (Fsp3) is 0.250. The fourth-order valence-corrected chi connectivity index (χ4v) is 2.97. The third-order valence-electron chi connectivity index (χ3n) is 3.95. The summed E-state index contributed by atoms with van der Waals surface area (Å²) in [6.07, 6.45) is 5.39. The number of benzene rings is 1. The monoisotopic (exact) mass is 294 g/mol. The lowest BCUT2D eigenvalue weighted by Crippen LogP contribution is -2.23. The van der Waals surface area contributed by atoms with E-state index in [-0.39, 0.29) is 11.7 Å². The fourth-order valence-electron chi connectivity index (χ4n) is 2.97. The molecule has 1 aromatic heterocycles. The van der Waals surface area contributed by atoms with E-state index in [9.17, 15) is 10.1 Å². The van der Waals surface area contributed by atoms with Crippen molar-refractivity contribution in [2.45, 2.75) is 18.9 Å². The van der Waals surface area contributed by atoms with E-state index in [2.05, 4.69) is 9.88 Å². The van der Waals surface area contributed by atoms with Crippen molar-refractivity contribution in [1.82, 2.24) is 4.98 Å². The van der Waals surface area contributed by atoms with Gasteiger partial charge in [-0.2, -0.15) is 5.26 Å². The summed E-state index contributed by atoms with van der Waals surface area (Å²) in [5.41, 5.74) is 1.96. The van der Waals surface area contributed by atoms with Crippen molar-refractivity contribution in [2.24, 2.45) is 0 Å². The van der Waals surface area contributed by atoms with Crippen molar-refractivity contribution in [1.29, 1.82) is 5.26 Å². The molecule has 1 saturated heterocycles. The zero-order valence-electron chi connectivity index (χ0n) is 11.8. The summed E-state index contributed by atoms with van der Waals surface area (Å²) in [6, 6.07) is 10.6. The van der Waals surface area contributed by atoms with Gasteiger partial charge in [-0.1, -0.05) is 0 Å². The van der Waals surface area contributed by atoms with Gasteiger partial charge in [0.1, 0.15) is 5.69 Å². The van der Waals surface area contributed by atoms with Crippen LogP contribution in [0.3, 0.4) is 0 Å². The predicted molar refractivity (Wildman–Crippen MR) is 81.4 cm³/mol. The molecule has 6 heteroatoms. The molecular weight excluding hydrogens is 280 g/mol. The third kappa shape index (κ3) is 2.49. The van der Waals surface area contributed by atoms with Crippen molar-refractivity contribution >= 4 is 11.4 Å². The number of rotatable bonds is 3. The lowest BCUT2D eigenvalue weighted by atomic mass is 10.1. The summed E-state index contributed by atoms with van der Waals surface area (Å²) in [4.78, 5) is 17.0. The Balaban J connectivity index is 2.03. The smallest absolute Gasteiger partial charge is 0.293 e. The quantitative estimate of drug-likeness (QED) is 0.641. The molecule has 3 rings (SSSR count). The Morgan fingerprint density at radius 3 is 2.77 bits per heavy atom. The molecule has 2 heterocycles. The van der Waals surface area contributed by atoms with Gasteiger partial charge in [-0.15, -0.1) is 0 Å². The minimum atomic E-state index is -0.419. The van der Waals surface area contributed by atoms with Crippen molar-refractivity contribution in [3.05, 3.63) is 64.0 Å². The molecule has 1 aliphatic heterocycles. The second-order valence-corrected chi connectivity index (χ2v) is 5.20. The molecule has 22 heavy (non-hydrogen) atoms. The molecule has 1 unspecified atom stereocenters. The highest BCUT2D eigenvalue weighted by molar-refractivity contribution is 5.67. The number of nitrogens with zero attached hydrogens (tertiary/aromatic N) is 4. The number of anilines is 1. The predicted octanol–water partition coefficient (Wildman–Crippen LogP) is 3.20. The van der Waals surface area contributed by atoms with E-state index in [4.69, 9.17) is 5.26 Å². The van der Waals surface area contributed by atoms with Gasteiger partial charge >= 0.3 is 0 Å². The maximum Gasteiger partial charge on any atom is 0.293 e. The summed E-state index contributed by atoms with van der Waals surface area (Å²) in [5.74, 6) is 0. The molecule has 0 N–H and O–H groups in total. The van der Waals surface area contributed by atoms with Gasteiger partial charge in [0.25, 0.3) is 5.69 Å². The highest BCUT2D eigenvalue weighted by Crippen LogP contribution is 2.40. The van der Waals surface area contributed by atoms with Crippen LogP contribution < -0.4 is 4.90 Å². The second kappa shape index (κ2) is 5.82. The number of nitriles is 1. The molecule has 0 saturated carbocycles. The van der Waals surface area contributed by atoms with Gasteiger partial charge in [-0.25, -0.2) is 0 Å². The van der Waals surface area contributed by atoms with Crippen LogP contribution in [0.5, 0.6) is 0 Å². The van der Waals surface area contributed by atoms with E-state index in [1.807, 2.05) is 18.2 Å². The van der Waals surface area contributed by atoms with E-state index in [1.165, 1.54) is 6.07 Å². The van der Waals surface area contributed by atoms with Gasteiger partial charge in [-0.05, 0) is 42.7 Å². The molecule has 1 aliphatic rings. The maximum atomic E-state index is 11.3. The first-order valence-electron chi connectivity index (χ1n) is 7.06. The van der Waals surface area contributed by atoms with Gasteiger partial charge in [0, 0.05) is 25.0 Å². The number of hydrogen-bond donors (Lipinski definition) is 0. The molecule has 1 aromatic carbocycles. The summed E-state index contributed by atoms with van der Waals surface area (Å²) in [6.45, 7) is 0.764. The summed E-state index contributed by atoms with van der Waals surface area (Å²) < 4.78 is 0. The molecule has 0 radical (unpaired) electrons. The van der Waals surface area contributed by atoms with Crippen molar-refractivity contribution in [2.75, 3.05) is 11.4 Å². The van der Waals surface area contributed by atoms with Gasteiger partial charge in [-0.3, -0.25) is 15.1 Å². The van der Waals surface area contributed by atoms with Crippen LogP contribution in [-0.2, 0) is 0 Å². The Labute approximate surface area is 127 Å². The van der Waals surface area contributed by atoms with E-state index >= 15 is 0 Å². The Morgan fingerprint density at radius 2 is 2.09 bits per heavy atom. The number of aromatic nitrogens is 1. The lowest BCUT2D eigenvalue weighted by Gasteiger charge is -2.26. The van der Waals surface area contributed by atoms with Gasteiger partial charge in [0.05, 0.1) is 22.6 Å². The highest BCUT2D eigenvalue weighted by atomic mass is 16.6. The zero-order valence-corrected chi connectivity index (χ0v) is 11.8. The molecule has 6 nitrogen and oxygen atoms in total. The average Bonchev–Trinajstić information content (AvgIpc) is 3.04. The Morgan fingerprint density at radius 1 is 1.32 bits per heavy atom. The second-order valence-electron chi connectivity index (χ2n) is 5.20. The van der Waals surface area contributed by atoms with E-state index in [1.54, 1.807) is 24.5 Å². The number of hydrogen-bond acceptors (Lipinski definition) is 5. The van der Waals surface area contributed by atoms with Crippen LogP contribution >= 0.6 is 0 Å². The van der Waals surface area contributed by atoms with E-state index in [0.717, 1.165) is 24.9 Å². The first-order chi connectivity index (χ1) is 10.7. The molecule has 0 bridgehead atoms. The zero-order chi connectivity index (χ0) is 15.5. The van der Waals surface area contributed by atoms with Crippen LogP contribution in [0.2, 0.25) is 0 Å². The van der Waals surface area contributed by atoms with Gasteiger partial charge < -0.3 is 4.90 Å². The molecule has 1 fully saturated rings.